The zero-order chi connectivity index (χ0) is 10.8. The summed E-state index contributed by atoms with van der Waals surface area (Å²) in [6, 6.07) is 2.60. The largest absolute Gasteiger partial charge is 0.355 e. The van der Waals surface area contributed by atoms with E-state index in [4.69, 9.17) is 11.6 Å². The third-order valence-corrected chi connectivity index (χ3v) is 2.52. The van der Waals surface area contributed by atoms with Crippen LogP contribution in [0.5, 0.6) is 0 Å². The fourth-order valence-corrected chi connectivity index (χ4v) is 1.44. The van der Waals surface area contributed by atoms with E-state index in [0.717, 1.165) is 0 Å². The number of hydrogen-bond acceptors (Lipinski definition) is 3. The van der Waals surface area contributed by atoms with Gasteiger partial charge in [-0.1, -0.05) is 11.6 Å². The Morgan fingerprint density at radius 3 is 2.64 bits per heavy atom. The molecule has 0 radical (unpaired) electrons. The summed E-state index contributed by atoms with van der Waals surface area (Å²) in [6.07, 6.45) is 1.31. The molecule has 0 saturated heterocycles. The first-order valence-electron chi connectivity index (χ1n) is 3.34. The van der Waals surface area contributed by atoms with E-state index in [1.54, 1.807) is 4.72 Å². The number of halogens is 3. The molecule has 1 N–H and O–H groups in total. The molecule has 0 atom stereocenters. The van der Waals surface area contributed by atoms with Crippen molar-refractivity contribution in [2.45, 2.75) is 5.76 Å². The smallest absolute Gasteiger partial charge is 0.276 e. The lowest BCUT2D eigenvalue weighted by molar-refractivity contribution is 0.236. The third-order valence-electron chi connectivity index (χ3n) is 1.25. The third kappa shape index (κ3) is 2.52. The Labute approximate surface area is 84.0 Å². The molecule has 0 aliphatic heterocycles. The van der Waals surface area contributed by atoms with E-state index < -0.39 is 15.8 Å². The van der Waals surface area contributed by atoms with E-state index in [-0.39, 0.29) is 10.8 Å². The summed E-state index contributed by atoms with van der Waals surface area (Å²) in [4.78, 5) is 3.52. The van der Waals surface area contributed by atoms with Crippen molar-refractivity contribution in [3.8, 4) is 0 Å². The van der Waals surface area contributed by atoms with Crippen molar-refractivity contribution in [2.75, 3.05) is 4.72 Å². The van der Waals surface area contributed by atoms with Gasteiger partial charge in [0.05, 0.1) is 5.69 Å². The molecule has 14 heavy (non-hydrogen) atoms. The molecule has 0 spiro atoms. The van der Waals surface area contributed by atoms with Gasteiger partial charge in [-0.15, -0.1) is 0 Å². The number of pyridine rings is 1. The fraction of sp³-hybridized carbons (Fsp3) is 0.167. The predicted molar refractivity (Wildman–Crippen MR) is 47.8 cm³/mol. The Bertz CT molecular complexity index is 424. The molecule has 0 aromatic carbocycles. The van der Waals surface area contributed by atoms with Gasteiger partial charge in [0, 0.05) is 6.20 Å². The van der Waals surface area contributed by atoms with Crippen molar-refractivity contribution in [1.82, 2.24) is 4.98 Å². The second kappa shape index (κ2) is 4.05. The molecular weight excluding hydrogens is 238 g/mol. The van der Waals surface area contributed by atoms with Gasteiger partial charge < -0.3 is 0 Å². The minimum atomic E-state index is -4.68. The highest BCUT2D eigenvalue weighted by Crippen LogP contribution is 2.20. The molecule has 1 rings (SSSR count). The topological polar surface area (TPSA) is 59.1 Å². The lowest BCUT2D eigenvalue weighted by Crippen LogP contribution is -2.20. The van der Waals surface area contributed by atoms with Gasteiger partial charge in [0.25, 0.3) is 10.0 Å². The van der Waals surface area contributed by atoms with E-state index in [2.05, 4.69) is 4.98 Å². The van der Waals surface area contributed by atoms with E-state index in [1.807, 2.05) is 0 Å². The maximum absolute atomic E-state index is 11.9. The number of aromatic nitrogens is 1. The van der Waals surface area contributed by atoms with Gasteiger partial charge in [0.1, 0.15) is 0 Å². The Morgan fingerprint density at radius 1 is 1.50 bits per heavy atom. The van der Waals surface area contributed by atoms with Crippen LogP contribution >= 0.6 is 11.6 Å². The number of alkyl halides is 2. The molecule has 1 aromatic rings. The van der Waals surface area contributed by atoms with Crippen molar-refractivity contribution < 1.29 is 17.2 Å². The van der Waals surface area contributed by atoms with Crippen LogP contribution in [0.3, 0.4) is 0 Å². The Hall–Kier alpha value is -0.950. The predicted octanol–water partition coefficient (Wildman–Crippen LogP) is 1.70. The molecule has 4 nitrogen and oxygen atoms in total. The maximum atomic E-state index is 11.9. The average molecular weight is 243 g/mol. The van der Waals surface area contributed by atoms with E-state index in [9.17, 15) is 17.2 Å². The van der Waals surface area contributed by atoms with Crippen molar-refractivity contribution in [2.24, 2.45) is 0 Å². The minimum absolute atomic E-state index is 0.172. The second-order valence-electron chi connectivity index (χ2n) is 2.25. The Balaban J connectivity index is 2.96. The van der Waals surface area contributed by atoms with Crippen molar-refractivity contribution in [3.05, 3.63) is 23.5 Å². The van der Waals surface area contributed by atoms with Crippen molar-refractivity contribution in [1.29, 1.82) is 0 Å². The van der Waals surface area contributed by atoms with Gasteiger partial charge in [-0.25, -0.2) is 13.4 Å². The Kier molecular flexibility index (Phi) is 3.22. The summed E-state index contributed by atoms with van der Waals surface area (Å²) >= 11 is 5.45. The molecule has 0 aliphatic rings. The lowest BCUT2D eigenvalue weighted by Gasteiger charge is -2.06. The summed E-state index contributed by atoms with van der Waals surface area (Å²) in [6.45, 7) is 0. The van der Waals surface area contributed by atoms with E-state index in [1.165, 1.54) is 18.3 Å². The molecule has 0 saturated carbocycles. The quantitative estimate of drug-likeness (QED) is 0.821. The van der Waals surface area contributed by atoms with Gasteiger partial charge in [-0.05, 0) is 12.1 Å². The maximum Gasteiger partial charge on any atom is 0.355 e. The molecule has 0 bridgehead atoms. The summed E-state index contributed by atoms with van der Waals surface area (Å²) in [7, 11) is -4.68. The number of hydrogen-bond donors (Lipinski definition) is 1. The van der Waals surface area contributed by atoms with Crippen LogP contribution in [0, 0.1) is 0 Å². The van der Waals surface area contributed by atoms with E-state index >= 15 is 0 Å². The number of rotatable bonds is 3. The molecule has 78 valence electrons. The number of nitrogens with one attached hydrogen (secondary N) is 1. The summed E-state index contributed by atoms with van der Waals surface area (Å²) in [5.74, 6) is -3.50. The van der Waals surface area contributed by atoms with Gasteiger partial charge in [0.15, 0.2) is 5.15 Å². The zero-order valence-electron chi connectivity index (χ0n) is 6.62. The van der Waals surface area contributed by atoms with Crippen LogP contribution in [0.2, 0.25) is 5.15 Å². The van der Waals surface area contributed by atoms with Crippen LogP contribution in [0.4, 0.5) is 14.5 Å². The molecule has 1 aromatic heterocycles. The highest BCUT2D eigenvalue weighted by atomic mass is 35.5. The monoisotopic (exact) mass is 242 g/mol. The molecular formula is C6H5ClF2N2O2S. The van der Waals surface area contributed by atoms with Crippen LogP contribution in [-0.4, -0.2) is 19.2 Å². The first-order chi connectivity index (χ1) is 6.43. The number of anilines is 1. The minimum Gasteiger partial charge on any atom is -0.276 e. The van der Waals surface area contributed by atoms with Crippen LogP contribution in [0.15, 0.2) is 18.3 Å². The van der Waals surface area contributed by atoms with Gasteiger partial charge in [0.2, 0.25) is 0 Å². The van der Waals surface area contributed by atoms with Gasteiger partial charge >= 0.3 is 5.76 Å². The van der Waals surface area contributed by atoms with Crippen LogP contribution in [-0.2, 0) is 10.0 Å². The molecule has 0 amide bonds. The highest BCUT2D eigenvalue weighted by Gasteiger charge is 2.24. The lowest BCUT2D eigenvalue weighted by atomic mass is 10.4. The molecule has 0 aliphatic carbocycles. The highest BCUT2D eigenvalue weighted by molar-refractivity contribution is 7.93. The van der Waals surface area contributed by atoms with Gasteiger partial charge in [-0.2, -0.15) is 8.78 Å². The Morgan fingerprint density at radius 2 is 2.14 bits per heavy atom. The van der Waals surface area contributed by atoms with E-state index in [0.29, 0.717) is 0 Å². The van der Waals surface area contributed by atoms with Crippen LogP contribution in [0.1, 0.15) is 0 Å². The SMILES string of the molecule is O=S(=O)(Nc1cccnc1Cl)C(F)F. The van der Waals surface area contributed by atoms with Crippen molar-refractivity contribution >= 4 is 27.3 Å². The number of sulfonamides is 1. The molecule has 1 heterocycles. The standard InChI is InChI=1S/C6H5ClF2N2O2S/c7-5-4(2-1-3-10-5)11-14(12,13)6(8)9/h1-3,6,11H. The first-order valence-corrected chi connectivity index (χ1v) is 5.26. The van der Waals surface area contributed by atoms with Crippen LogP contribution < -0.4 is 4.72 Å². The van der Waals surface area contributed by atoms with Crippen LogP contribution in [0.25, 0.3) is 0 Å². The molecule has 0 fully saturated rings. The summed E-state index contributed by atoms with van der Waals surface area (Å²) in [5.41, 5.74) is -0.172. The average Bonchev–Trinajstić information content (AvgIpc) is 2.08. The summed E-state index contributed by atoms with van der Waals surface area (Å²) < 4.78 is 46.9. The number of nitrogens with zero attached hydrogens (tertiary/aromatic N) is 1. The first kappa shape index (κ1) is 11.1. The zero-order valence-corrected chi connectivity index (χ0v) is 8.19. The fourth-order valence-electron chi connectivity index (χ4n) is 0.660. The summed E-state index contributed by atoms with van der Waals surface area (Å²) in [5, 5.41) is -0.184. The second-order valence-corrected chi connectivity index (χ2v) is 4.26. The normalized spacial score (nSPS) is 11.7. The van der Waals surface area contributed by atoms with Crippen molar-refractivity contribution in [3.63, 3.8) is 0 Å². The van der Waals surface area contributed by atoms with Gasteiger partial charge in [-0.3, -0.25) is 4.72 Å². The molecule has 0 unspecified atom stereocenters. The molecule has 8 heteroatoms.